The fraction of sp³-hybridized carbons (Fsp3) is 0. The molecule has 3 heteroatoms. The average Bonchev–Trinajstić information content (AvgIpc) is 3.36. The molecule has 0 aliphatic rings. The smallest absolute Gasteiger partial charge is 0.0645 e. The quantitative estimate of drug-likeness (QED) is 0.295. The zero-order valence-corrected chi connectivity index (χ0v) is 17.2. The number of thiophene rings is 1. The van der Waals surface area contributed by atoms with Gasteiger partial charge in [0.25, 0.3) is 0 Å². The minimum atomic E-state index is 1.03. The predicted octanol–water partition coefficient (Wildman–Crippen LogP) is 7.95. The summed E-state index contributed by atoms with van der Waals surface area (Å²) in [7, 11) is 0. The highest BCUT2D eigenvalue weighted by Gasteiger charge is 2.17. The monoisotopic (exact) mass is 404 g/mol. The predicted molar refractivity (Wildman–Crippen MR) is 128 cm³/mol. The lowest BCUT2D eigenvalue weighted by Crippen LogP contribution is -2.11. The molecule has 2 heterocycles. The number of hydrogen-bond acceptors (Lipinski definition) is 3. The van der Waals surface area contributed by atoms with Crippen molar-refractivity contribution in [2.75, 3.05) is 4.90 Å². The first-order chi connectivity index (χ1) is 14.9. The number of nitrogens with zero attached hydrogens (tertiary/aromatic N) is 2. The van der Waals surface area contributed by atoms with Gasteiger partial charge in [0.15, 0.2) is 0 Å². The molecule has 5 rings (SSSR count). The average molecular weight is 405 g/mol. The Morgan fingerprint density at radius 2 is 1.43 bits per heavy atom. The van der Waals surface area contributed by atoms with Crippen LogP contribution in [0.2, 0.25) is 0 Å². The standard InChI is InChI=1S/C27H20N2S/c1-2-8-21(9-3-1)22-10-6-11-24(18-22)29(25-12-7-16-28-19-25)27-14-5-4-13-26(27)23-15-17-30-20-23/h1-20H. The van der Waals surface area contributed by atoms with E-state index < -0.39 is 0 Å². The fourth-order valence-electron chi connectivity index (χ4n) is 3.70. The van der Waals surface area contributed by atoms with Gasteiger partial charge in [-0.2, -0.15) is 11.3 Å². The lowest BCUT2D eigenvalue weighted by molar-refractivity contribution is 1.23. The van der Waals surface area contributed by atoms with E-state index in [4.69, 9.17) is 0 Å². The highest BCUT2D eigenvalue weighted by Crippen LogP contribution is 2.41. The molecule has 0 atom stereocenters. The van der Waals surface area contributed by atoms with Crippen LogP contribution in [-0.4, -0.2) is 4.98 Å². The van der Waals surface area contributed by atoms with Crippen LogP contribution in [0, 0.1) is 0 Å². The molecule has 30 heavy (non-hydrogen) atoms. The Morgan fingerprint density at radius 1 is 0.633 bits per heavy atom. The van der Waals surface area contributed by atoms with E-state index in [0.29, 0.717) is 0 Å². The number of para-hydroxylation sites is 1. The molecule has 144 valence electrons. The van der Waals surface area contributed by atoms with Crippen molar-refractivity contribution in [1.82, 2.24) is 4.98 Å². The van der Waals surface area contributed by atoms with Crippen molar-refractivity contribution in [3.8, 4) is 22.3 Å². The second-order valence-corrected chi connectivity index (χ2v) is 7.77. The summed E-state index contributed by atoms with van der Waals surface area (Å²) in [5.41, 5.74) is 8.09. The van der Waals surface area contributed by atoms with Gasteiger partial charge >= 0.3 is 0 Å². The molecule has 0 saturated carbocycles. The van der Waals surface area contributed by atoms with Crippen molar-refractivity contribution in [3.63, 3.8) is 0 Å². The van der Waals surface area contributed by atoms with Crippen LogP contribution in [0.25, 0.3) is 22.3 Å². The van der Waals surface area contributed by atoms with Crippen LogP contribution < -0.4 is 4.90 Å². The van der Waals surface area contributed by atoms with E-state index in [9.17, 15) is 0 Å². The molecular weight excluding hydrogens is 384 g/mol. The van der Waals surface area contributed by atoms with E-state index in [1.807, 2.05) is 24.5 Å². The Hall–Kier alpha value is -3.69. The van der Waals surface area contributed by atoms with E-state index in [0.717, 1.165) is 17.1 Å². The van der Waals surface area contributed by atoms with Crippen LogP contribution in [0.1, 0.15) is 0 Å². The zero-order chi connectivity index (χ0) is 20.2. The SMILES string of the molecule is c1ccc(-c2cccc(N(c3cccnc3)c3ccccc3-c3ccsc3)c2)cc1. The summed E-state index contributed by atoms with van der Waals surface area (Å²) in [4.78, 5) is 6.67. The van der Waals surface area contributed by atoms with Gasteiger partial charge in [-0.1, -0.05) is 60.7 Å². The van der Waals surface area contributed by atoms with Gasteiger partial charge < -0.3 is 4.90 Å². The third-order valence-corrected chi connectivity index (χ3v) is 5.78. The summed E-state index contributed by atoms with van der Waals surface area (Å²) in [5, 5.41) is 4.32. The lowest BCUT2D eigenvalue weighted by atomic mass is 10.0. The van der Waals surface area contributed by atoms with E-state index >= 15 is 0 Å². The minimum Gasteiger partial charge on any atom is -0.308 e. The van der Waals surface area contributed by atoms with Crippen LogP contribution in [0.15, 0.2) is 120 Å². The molecule has 0 spiro atoms. The van der Waals surface area contributed by atoms with Gasteiger partial charge in [0, 0.05) is 17.4 Å². The highest BCUT2D eigenvalue weighted by atomic mass is 32.1. The van der Waals surface area contributed by atoms with E-state index in [2.05, 4.69) is 106 Å². The summed E-state index contributed by atoms with van der Waals surface area (Å²) in [6, 6.07) is 34.0. The Kier molecular flexibility index (Phi) is 5.11. The maximum Gasteiger partial charge on any atom is 0.0645 e. The first-order valence-electron chi connectivity index (χ1n) is 9.87. The van der Waals surface area contributed by atoms with Crippen molar-refractivity contribution in [1.29, 1.82) is 0 Å². The molecular formula is C27H20N2S. The molecule has 0 bridgehead atoms. The molecule has 0 fully saturated rings. The van der Waals surface area contributed by atoms with Crippen molar-refractivity contribution in [3.05, 3.63) is 120 Å². The topological polar surface area (TPSA) is 16.1 Å². The number of benzene rings is 3. The minimum absolute atomic E-state index is 1.03. The van der Waals surface area contributed by atoms with Crippen LogP contribution in [-0.2, 0) is 0 Å². The number of hydrogen-bond donors (Lipinski definition) is 0. The van der Waals surface area contributed by atoms with Gasteiger partial charge in [0.1, 0.15) is 0 Å². The molecule has 0 N–H and O–H groups in total. The van der Waals surface area contributed by atoms with Crippen molar-refractivity contribution < 1.29 is 0 Å². The van der Waals surface area contributed by atoms with Crippen LogP contribution >= 0.6 is 11.3 Å². The molecule has 0 amide bonds. The molecule has 0 aliphatic heterocycles. The molecule has 2 nitrogen and oxygen atoms in total. The molecule has 0 saturated heterocycles. The summed E-state index contributed by atoms with van der Waals surface area (Å²) < 4.78 is 0. The van der Waals surface area contributed by atoms with Crippen molar-refractivity contribution >= 4 is 28.4 Å². The summed E-state index contributed by atoms with van der Waals surface area (Å²) in [5.74, 6) is 0. The fourth-order valence-corrected chi connectivity index (χ4v) is 4.35. The lowest BCUT2D eigenvalue weighted by Gasteiger charge is -2.27. The van der Waals surface area contributed by atoms with E-state index in [1.165, 1.54) is 22.3 Å². The van der Waals surface area contributed by atoms with E-state index in [-0.39, 0.29) is 0 Å². The summed E-state index contributed by atoms with van der Waals surface area (Å²) >= 11 is 1.72. The first-order valence-corrected chi connectivity index (χ1v) is 10.8. The van der Waals surface area contributed by atoms with E-state index in [1.54, 1.807) is 11.3 Å². The van der Waals surface area contributed by atoms with Gasteiger partial charge in [-0.05, 0) is 63.8 Å². The van der Waals surface area contributed by atoms with Gasteiger partial charge in [-0.3, -0.25) is 4.98 Å². The second-order valence-electron chi connectivity index (χ2n) is 6.99. The normalized spacial score (nSPS) is 10.7. The highest BCUT2D eigenvalue weighted by molar-refractivity contribution is 7.08. The van der Waals surface area contributed by atoms with Crippen LogP contribution in [0.3, 0.4) is 0 Å². The van der Waals surface area contributed by atoms with Gasteiger partial charge in [0.2, 0.25) is 0 Å². The molecule has 3 aromatic carbocycles. The van der Waals surface area contributed by atoms with Gasteiger partial charge in [-0.15, -0.1) is 0 Å². The molecule has 5 aromatic rings. The summed E-state index contributed by atoms with van der Waals surface area (Å²) in [6.07, 6.45) is 3.73. The Labute approximate surface area is 180 Å². The molecule has 0 aliphatic carbocycles. The zero-order valence-electron chi connectivity index (χ0n) is 16.3. The maximum absolute atomic E-state index is 4.39. The molecule has 0 radical (unpaired) electrons. The Bertz CT molecular complexity index is 1230. The van der Waals surface area contributed by atoms with Crippen LogP contribution in [0.4, 0.5) is 17.1 Å². The summed E-state index contributed by atoms with van der Waals surface area (Å²) in [6.45, 7) is 0. The van der Waals surface area contributed by atoms with Gasteiger partial charge in [0.05, 0.1) is 17.6 Å². The number of anilines is 3. The maximum atomic E-state index is 4.39. The second kappa shape index (κ2) is 8.36. The number of pyridine rings is 1. The third-order valence-electron chi connectivity index (χ3n) is 5.09. The number of aromatic nitrogens is 1. The largest absolute Gasteiger partial charge is 0.308 e. The van der Waals surface area contributed by atoms with Crippen molar-refractivity contribution in [2.24, 2.45) is 0 Å². The Balaban J connectivity index is 1.70. The van der Waals surface area contributed by atoms with Crippen LogP contribution in [0.5, 0.6) is 0 Å². The third kappa shape index (κ3) is 3.63. The first kappa shape index (κ1) is 18.3. The Morgan fingerprint density at radius 3 is 2.23 bits per heavy atom. The number of rotatable bonds is 5. The molecule has 0 unspecified atom stereocenters. The van der Waals surface area contributed by atoms with Gasteiger partial charge in [-0.25, -0.2) is 0 Å². The van der Waals surface area contributed by atoms with Crippen molar-refractivity contribution in [2.45, 2.75) is 0 Å². The molecule has 2 aromatic heterocycles.